The number of furan rings is 1. The number of hydrazone groups is 1. The van der Waals surface area contributed by atoms with Crippen molar-refractivity contribution in [2.75, 3.05) is 6.54 Å². The molecule has 2 aliphatic heterocycles. The molecule has 2 aliphatic rings. The number of unbranched alkanes of at least 4 members (excludes halogenated alkanes) is 3. The fraction of sp³-hybridized carbons (Fsp3) is 0.440. The van der Waals surface area contributed by atoms with Gasteiger partial charge in [-0.1, -0.05) is 56.3 Å². The molecule has 1 aromatic heterocycles. The van der Waals surface area contributed by atoms with E-state index in [1.54, 1.807) is 37.5 Å². The first-order chi connectivity index (χ1) is 16.3. The standard InChI is InChI=1S/C25H29ClN4O4/c1-3-4-5-6-13-25(2)23(32)29(24(33)27-25)16-22(31)30-20(21-8-7-14-34-21)15-19(28-30)17-9-11-18(26)12-10-17/h7-12,14,20H,3-6,13,15-16H2,1-2H3,(H,27,33)/t20?,25-/m0/s1. The van der Waals surface area contributed by atoms with Crippen LogP contribution in [0, 0.1) is 0 Å². The summed E-state index contributed by atoms with van der Waals surface area (Å²) in [4.78, 5) is 40.0. The lowest BCUT2D eigenvalue weighted by atomic mass is 9.94. The van der Waals surface area contributed by atoms with Gasteiger partial charge in [0.15, 0.2) is 0 Å². The smallest absolute Gasteiger partial charge is 0.325 e. The number of hydrogen-bond acceptors (Lipinski definition) is 5. The monoisotopic (exact) mass is 484 g/mol. The number of benzene rings is 1. The maximum atomic E-state index is 13.3. The fourth-order valence-corrected chi connectivity index (χ4v) is 4.56. The summed E-state index contributed by atoms with van der Waals surface area (Å²) in [6, 6.07) is 9.74. The predicted molar refractivity (Wildman–Crippen MR) is 128 cm³/mol. The molecule has 0 saturated carbocycles. The van der Waals surface area contributed by atoms with E-state index in [2.05, 4.69) is 17.3 Å². The first kappa shape index (κ1) is 24.0. The van der Waals surface area contributed by atoms with Crippen molar-refractivity contribution in [3.05, 3.63) is 59.0 Å². The average Bonchev–Trinajstić information content (AvgIpc) is 3.54. The number of amides is 4. The highest BCUT2D eigenvalue weighted by Crippen LogP contribution is 2.34. The predicted octanol–water partition coefficient (Wildman–Crippen LogP) is 4.89. The molecule has 9 heteroatoms. The van der Waals surface area contributed by atoms with E-state index in [1.165, 1.54) is 5.01 Å². The van der Waals surface area contributed by atoms with E-state index in [4.69, 9.17) is 16.0 Å². The molecule has 3 heterocycles. The fourth-order valence-electron chi connectivity index (χ4n) is 4.43. The van der Waals surface area contributed by atoms with E-state index in [1.807, 2.05) is 12.1 Å². The summed E-state index contributed by atoms with van der Waals surface area (Å²) in [7, 11) is 0. The Kier molecular flexibility index (Phi) is 7.07. The normalized spacial score (nSPS) is 22.3. The summed E-state index contributed by atoms with van der Waals surface area (Å²) in [5.41, 5.74) is 0.545. The Labute approximate surface area is 203 Å². The van der Waals surface area contributed by atoms with Crippen molar-refractivity contribution in [1.82, 2.24) is 15.2 Å². The summed E-state index contributed by atoms with van der Waals surface area (Å²) in [6.07, 6.45) is 6.52. The van der Waals surface area contributed by atoms with Gasteiger partial charge in [0.05, 0.1) is 12.0 Å². The third-order valence-corrected chi connectivity index (χ3v) is 6.64. The van der Waals surface area contributed by atoms with E-state index in [-0.39, 0.29) is 12.5 Å². The third kappa shape index (κ3) is 4.87. The van der Waals surface area contributed by atoms with Gasteiger partial charge in [0.25, 0.3) is 11.8 Å². The Bertz CT molecular complexity index is 1080. The summed E-state index contributed by atoms with van der Waals surface area (Å²) in [5, 5.41) is 9.26. The highest BCUT2D eigenvalue weighted by molar-refractivity contribution is 6.30. The van der Waals surface area contributed by atoms with Gasteiger partial charge in [-0.15, -0.1) is 0 Å². The van der Waals surface area contributed by atoms with Gasteiger partial charge in [-0.2, -0.15) is 5.10 Å². The van der Waals surface area contributed by atoms with Gasteiger partial charge in [0.1, 0.15) is 23.9 Å². The zero-order valence-electron chi connectivity index (χ0n) is 19.4. The lowest BCUT2D eigenvalue weighted by molar-refractivity contribution is -0.140. The molecule has 1 N–H and O–H groups in total. The molecule has 4 amide bonds. The number of urea groups is 1. The van der Waals surface area contributed by atoms with Crippen LogP contribution < -0.4 is 5.32 Å². The van der Waals surface area contributed by atoms with E-state index in [0.29, 0.717) is 29.3 Å². The van der Waals surface area contributed by atoms with Crippen LogP contribution in [0.1, 0.15) is 69.7 Å². The Morgan fingerprint density at radius 2 is 1.97 bits per heavy atom. The Balaban J connectivity index is 1.51. The molecule has 4 rings (SSSR count). The lowest BCUT2D eigenvalue weighted by Crippen LogP contribution is -2.45. The van der Waals surface area contributed by atoms with Gasteiger partial charge < -0.3 is 9.73 Å². The second-order valence-electron chi connectivity index (χ2n) is 8.99. The Morgan fingerprint density at radius 1 is 1.21 bits per heavy atom. The van der Waals surface area contributed by atoms with Crippen LogP contribution in [0.5, 0.6) is 0 Å². The molecule has 34 heavy (non-hydrogen) atoms. The van der Waals surface area contributed by atoms with Crippen molar-refractivity contribution in [3.63, 3.8) is 0 Å². The molecular weight excluding hydrogens is 456 g/mol. The average molecular weight is 485 g/mol. The minimum Gasteiger partial charge on any atom is -0.467 e. The number of rotatable bonds is 9. The number of nitrogens with one attached hydrogen (secondary N) is 1. The zero-order chi connectivity index (χ0) is 24.3. The number of hydrogen-bond donors (Lipinski definition) is 1. The minimum atomic E-state index is -0.992. The van der Waals surface area contributed by atoms with Gasteiger partial charge in [-0.25, -0.2) is 9.80 Å². The Hall–Kier alpha value is -3.13. The largest absolute Gasteiger partial charge is 0.467 e. The van der Waals surface area contributed by atoms with Crippen LogP contribution >= 0.6 is 11.6 Å². The van der Waals surface area contributed by atoms with Crippen LogP contribution in [0.2, 0.25) is 5.02 Å². The van der Waals surface area contributed by atoms with Crippen LogP contribution in [0.3, 0.4) is 0 Å². The van der Waals surface area contributed by atoms with Gasteiger partial charge in [-0.3, -0.25) is 14.5 Å². The van der Waals surface area contributed by atoms with E-state index in [0.717, 1.165) is 36.1 Å². The minimum absolute atomic E-state index is 0.377. The molecule has 180 valence electrons. The molecule has 1 aromatic carbocycles. The van der Waals surface area contributed by atoms with Crippen molar-refractivity contribution < 1.29 is 18.8 Å². The molecule has 0 spiro atoms. The molecule has 2 atom stereocenters. The second-order valence-corrected chi connectivity index (χ2v) is 9.43. The molecule has 0 aliphatic carbocycles. The first-order valence-electron chi connectivity index (χ1n) is 11.7. The summed E-state index contributed by atoms with van der Waals surface area (Å²) < 4.78 is 5.56. The molecule has 8 nitrogen and oxygen atoms in total. The first-order valence-corrected chi connectivity index (χ1v) is 12.0. The molecule has 2 aromatic rings. The molecular formula is C25H29ClN4O4. The summed E-state index contributed by atoms with van der Waals surface area (Å²) in [5.74, 6) is -0.249. The molecule has 1 saturated heterocycles. The highest BCUT2D eigenvalue weighted by Gasteiger charge is 2.48. The SMILES string of the molecule is CCCCCC[C@]1(C)NC(=O)N(CC(=O)N2N=C(c3ccc(Cl)cc3)CC2c2ccco2)C1=O. The summed E-state index contributed by atoms with van der Waals surface area (Å²) in [6.45, 7) is 3.46. The maximum Gasteiger partial charge on any atom is 0.325 e. The van der Waals surface area contributed by atoms with Crippen molar-refractivity contribution in [1.29, 1.82) is 0 Å². The summed E-state index contributed by atoms with van der Waals surface area (Å²) >= 11 is 6.01. The van der Waals surface area contributed by atoms with Crippen LogP contribution in [-0.2, 0) is 9.59 Å². The van der Waals surface area contributed by atoms with E-state index in [9.17, 15) is 14.4 Å². The zero-order valence-corrected chi connectivity index (χ0v) is 20.2. The maximum absolute atomic E-state index is 13.3. The van der Waals surface area contributed by atoms with Crippen LogP contribution in [0.15, 0.2) is 52.2 Å². The molecule has 0 radical (unpaired) electrons. The molecule has 0 bridgehead atoms. The van der Waals surface area contributed by atoms with Crippen LogP contribution in [0.25, 0.3) is 0 Å². The van der Waals surface area contributed by atoms with Gasteiger partial charge >= 0.3 is 6.03 Å². The number of imide groups is 1. The molecule has 1 fully saturated rings. The van der Waals surface area contributed by atoms with Crippen molar-refractivity contribution in [2.24, 2.45) is 5.10 Å². The van der Waals surface area contributed by atoms with Gasteiger partial charge in [-0.05, 0) is 43.2 Å². The second kappa shape index (κ2) is 10.0. The van der Waals surface area contributed by atoms with E-state index >= 15 is 0 Å². The van der Waals surface area contributed by atoms with Crippen LogP contribution in [-0.4, -0.2) is 45.5 Å². The van der Waals surface area contributed by atoms with Gasteiger partial charge in [0, 0.05) is 11.4 Å². The number of nitrogens with zero attached hydrogens (tertiary/aromatic N) is 3. The lowest BCUT2D eigenvalue weighted by Gasteiger charge is -2.23. The topological polar surface area (TPSA) is 95.2 Å². The van der Waals surface area contributed by atoms with Gasteiger partial charge in [0.2, 0.25) is 0 Å². The quantitative estimate of drug-likeness (QED) is 0.405. The molecule has 1 unspecified atom stereocenters. The number of carbonyl (C=O) groups excluding carboxylic acids is 3. The highest BCUT2D eigenvalue weighted by atomic mass is 35.5. The number of carbonyl (C=O) groups is 3. The van der Waals surface area contributed by atoms with Crippen LogP contribution in [0.4, 0.5) is 4.79 Å². The van der Waals surface area contributed by atoms with Crippen molar-refractivity contribution in [2.45, 2.75) is 64.0 Å². The third-order valence-electron chi connectivity index (χ3n) is 6.38. The van der Waals surface area contributed by atoms with E-state index < -0.39 is 23.5 Å². The number of halogens is 1. The Morgan fingerprint density at radius 3 is 2.65 bits per heavy atom. The van der Waals surface area contributed by atoms with Crippen molar-refractivity contribution in [3.8, 4) is 0 Å². The van der Waals surface area contributed by atoms with Crippen molar-refractivity contribution >= 4 is 35.2 Å².